The molecule has 0 saturated carbocycles. The molecule has 1 unspecified atom stereocenters. The quantitative estimate of drug-likeness (QED) is 0.548. The van der Waals surface area contributed by atoms with Crippen LogP contribution in [0.5, 0.6) is 0 Å². The van der Waals surface area contributed by atoms with Gasteiger partial charge >= 0.3 is 0 Å². The van der Waals surface area contributed by atoms with E-state index < -0.39 is 21.3 Å². The monoisotopic (exact) mass is 192 g/mol. The Bertz CT molecular complexity index is 298. The van der Waals surface area contributed by atoms with Crippen LogP contribution in [0.2, 0.25) is 0 Å². The number of hydrogen-bond donors (Lipinski definition) is 2. The van der Waals surface area contributed by atoms with E-state index in [1.54, 1.807) is 0 Å². The summed E-state index contributed by atoms with van der Waals surface area (Å²) in [6, 6.07) is 0. The minimum atomic E-state index is -3.03. The van der Waals surface area contributed by atoms with Gasteiger partial charge in [-0.3, -0.25) is 4.79 Å². The van der Waals surface area contributed by atoms with Crippen molar-refractivity contribution in [2.45, 2.75) is 18.4 Å². The van der Waals surface area contributed by atoms with Gasteiger partial charge in [-0.05, 0) is 6.42 Å². The average Bonchev–Trinajstić information content (AvgIpc) is 2.03. The molecule has 0 aromatic rings. The molecule has 4 N–H and O–H groups in total. The van der Waals surface area contributed by atoms with E-state index >= 15 is 0 Å². The smallest absolute Gasteiger partial charge is 0.219 e. The predicted octanol–water partition coefficient (Wildman–Crippen LogP) is -1.62. The zero-order valence-corrected chi connectivity index (χ0v) is 7.43. The van der Waals surface area contributed by atoms with Gasteiger partial charge < -0.3 is 11.5 Å². The number of carbonyl (C=O) groups is 1. The minimum Gasteiger partial charge on any atom is -0.370 e. The molecule has 0 aromatic heterocycles. The fraction of sp³-hybridized carbons (Fsp3) is 0.833. The van der Waals surface area contributed by atoms with Crippen LogP contribution in [0.25, 0.3) is 0 Å². The Labute approximate surface area is 71.0 Å². The summed E-state index contributed by atoms with van der Waals surface area (Å²) in [5, 5.41) is 0. The van der Waals surface area contributed by atoms with Crippen LogP contribution >= 0.6 is 0 Å². The summed E-state index contributed by atoms with van der Waals surface area (Å²) < 4.78 is 22.0. The summed E-state index contributed by atoms with van der Waals surface area (Å²) >= 11 is 0. The summed E-state index contributed by atoms with van der Waals surface area (Å²) in [7, 11) is -3.03. The van der Waals surface area contributed by atoms with Gasteiger partial charge in [-0.1, -0.05) is 0 Å². The van der Waals surface area contributed by atoms with Crippen molar-refractivity contribution in [2.75, 3.05) is 11.5 Å². The highest BCUT2D eigenvalue weighted by Gasteiger charge is 2.39. The number of rotatable bonds is 2. The Morgan fingerprint density at radius 1 is 1.50 bits per heavy atom. The zero-order valence-electron chi connectivity index (χ0n) is 6.62. The Hall–Kier alpha value is -0.620. The topological polar surface area (TPSA) is 103 Å². The first kappa shape index (κ1) is 9.47. The molecular weight excluding hydrogens is 180 g/mol. The largest absolute Gasteiger partial charge is 0.370 e. The molecule has 1 heterocycles. The van der Waals surface area contributed by atoms with Gasteiger partial charge in [0.05, 0.1) is 11.5 Å². The molecule has 0 bridgehead atoms. The summed E-state index contributed by atoms with van der Waals surface area (Å²) in [6.07, 6.45) is 0.282. The molecule has 0 spiro atoms. The van der Waals surface area contributed by atoms with Crippen LogP contribution in [-0.2, 0) is 14.6 Å². The van der Waals surface area contributed by atoms with Crippen LogP contribution < -0.4 is 11.5 Å². The average molecular weight is 192 g/mol. The number of hydrogen-bond acceptors (Lipinski definition) is 4. The Balaban J connectivity index is 2.71. The van der Waals surface area contributed by atoms with Crippen LogP contribution in [0, 0.1) is 0 Å². The summed E-state index contributed by atoms with van der Waals surface area (Å²) in [5.74, 6) is -0.602. The van der Waals surface area contributed by atoms with Gasteiger partial charge in [0.25, 0.3) is 0 Å². The van der Waals surface area contributed by atoms with Gasteiger partial charge in [-0.2, -0.15) is 0 Å². The van der Waals surface area contributed by atoms with Gasteiger partial charge in [0.15, 0.2) is 9.84 Å². The lowest BCUT2D eigenvalue weighted by atomic mass is 9.96. The molecule has 0 aliphatic carbocycles. The van der Waals surface area contributed by atoms with Crippen LogP contribution in [0.1, 0.15) is 12.8 Å². The molecule has 1 saturated heterocycles. The van der Waals surface area contributed by atoms with Crippen molar-refractivity contribution >= 4 is 15.7 Å². The highest BCUT2D eigenvalue weighted by Crippen LogP contribution is 2.23. The van der Waals surface area contributed by atoms with Crippen LogP contribution in [0.15, 0.2) is 0 Å². The highest BCUT2D eigenvalue weighted by molar-refractivity contribution is 7.91. The standard InChI is InChI=1S/C6H12N2O3S/c7-5(9)3-6(8)1-2-12(10,11)4-6/h1-4,8H2,(H2,7,9). The van der Waals surface area contributed by atoms with Crippen molar-refractivity contribution in [3.63, 3.8) is 0 Å². The number of primary amides is 1. The second kappa shape index (κ2) is 2.70. The van der Waals surface area contributed by atoms with Crippen LogP contribution in [0.4, 0.5) is 0 Å². The molecule has 0 aromatic carbocycles. The van der Waals surface area contributed by atoms with Crippen molar-refractivity contribution in [1.29, 1.82) is 0 Å². The minimum absolute atomic E-state index is 0.0494. The van der Waals surface area contributed by atoms with Crippen molar-refractivity contribution in [3.8, 4) is 0 Å². The zero-order chi connectivity index (χ0) is 9.41. The van der Waals surface area contributed by atoms with Gasteiger partial charge in [0.1, 0.15) is 0 Å². The van der Waals surface area contributed by atoms with Crippen LogP contribution in [0.3, 0.4) is 0 Å². The van der Waals surface area contributed by atoms with Crippen molar-refractivity contribution in [1.82, 2.24) is 0 Å². The fourth-order valence-electron chi connectivity index (χ4n) is 1.43. The highest BCUT2D eigenvalue weighted by atomic mass is 32.2. The lowest BCUT2D eigenvalue weighted by Gasteiger charge is -2.18. The maximum atomic E-state index is 11.0. The molecule has 1 aliphatic heterocycles. The third-order valence-corrected chi connectivity index (χ3v) is 3.79. The number of sulfone groups is 1. The molecule has 5 nitrogen and oxygen atoms in total. The predicted molar refractivity (Wildman–Crippen MR) is 44.0 cm³/mol. The van der Waals surface area contributed by atoms with E-state index in [1.165, 1.54) is 0 Å². The molecule has 1 atom stereocenters. The van der Waals surface area contributed by atoms with Gasteiger partial charge in [0, 0.05) is 12.0 Å². The van der Waals surface area contributed by atoms with Gasteiger partial charge in [-0.15, -0.1) is 0 Å². The molecule has 1 aliphatic rings. The van der Waals surface area contributed by atoms with Gasteiger partial charge in [0.2, 0.25) is 5.91 Å². The van der Waals surface area contributed by atoms with Crippen molar-refractivity contribution < 1.29 is 13.2 Å². The molecular formula is C6H12N2O3S. The SMILES string of the molecule is NC(=O)CC1(N)CCS(=O)(=O)C1. The second-order valence-electron chi connectivity index (χ2n) is 3.35. The van der Waals surface area contributed by atoms with E-state index in [9.17, 15) is 13.2 Å². The third-order valence-electron chi connectivity index (χ3n) is 1.94. The third kappa shape index (κ3) is 2.18. The van der Waals surface area contributed by atoms with E-state index in [0.29, 0.717) is 6.42 Å². The molecule has 1 rings (SSSR count). The van der Waals surface area contributed by atoms with E-state index in [1.807, 2.05) is 0 Å². The summed E-state index contributed by atoms with van der Waals surface area (Å²) in [4.78, 5) is 10.5. The number of amides is 1. The van der Waals surface area contributed by atoms with Crippen molar-refractivity contribution in [2.24, 2.45) is 11.5 Å². The molecule has 0 radical (unpaired) electrons. The van der Waals surface area contributed by atoms with Crippen LogP contribution in [-0.4, -0.2) is 31.4 Å². The number of carbonyl (C=O) groups excluding carboxylic acids is 1. The summed E-state index contributed by atoms with van der Waals surface area (Å²) in [5.41, 5.74) is 9.68. The second-order valence-corrected chi connectivity index (χ2v) is 5.53. The maximum Gasteiger partial charge on any atom is 0.219 e. The Morgan fingerprint density at radius 2 is 2.08 bits per heavy atom. The molecule has 1 fully saturated rings. The Kier molecular flexibility index (Phi) is 2.13. The lowest BCUT2D eigenvalue weighted by molar-refractivity contribution is -0.118. The first-order valence-electron chi connectivity index (χ1n) is 3.61. The molecule has 70 valence electrons. The first-order chi connectivity index (χ1) is 5.33. The normalized spacial score (nSPS) is 33.4. The fourth-order valence-corrected chi connectivity index (χ4v) is 3.41. The number of nitrogens with two attached hydrogens (primary N) is 2. The van der Waals surface area contributed by atoms with E-state index in [0.717, 1.165) is 0 Å². The maximum absolute atomic E-state index is 11.0. The lowest BCUT2D eigenvalue weighted by Crippen LogP contribution is -2.44. The molecule has 12 heavy (non-hydrogen) atoms. The van der Waals surface area contributed by atoms with E-state index in [2.05, 4.69) is 0 Å². The Morgan fingerprint density at radius 3 is 2.42 bits per heavy atom. The van der Waals surface area contributed by atoms with Crippen molar-refractivity contribution in [3.05, 3.63) is 0 Å². The van der Waals surface area contributed by atoms with E-state index in [4.69, 9.17) is 11.5 Å². The first-order valence-corrected chi connectivity index (χ1v) is 5.43. The van der Waals surface area contributed by atoms with E-state index in [-0.39, 0.29) is 17.9 Å². The molecule has 1 amide bonds. The summed E-state index contributed by atoms with van der Waals surface area (Å²) in [6.45, 7) is 0. The van der Waals surface area contributed by atoms with Gasteiger partial charge in [-0.25, -0.2) is 8.42 Å². The molecule has 6 heteroatoms.